The Kier molecular flexibility index (Phi) is 3.27. The maximum absolute atomic E-state index is 10.9. The second-order valence-corrected chi connectivity index (χ2v) is 4.48. The highest BCUT2D eigenvalue weighted by atomic mass is 16.5. The van der Waals surface area contributed by atoms with Crippen molar-refractivity contribution in [2.24, 2.45) is 13.0 Å². The van der Waals surface area contributed by atoms with Crippen LogP contribution in [0.25, 0.3) is 0 Å². The second-order valence-electron chi connectivity index (χ2n) is 4.48. The van der Waals surface area contributed by atoms with Gasteiger partial charge in [-0.2, -0.15) is 5.10 Å². The van der Waals surface area contributed by atoms with Gasteiger partial charge in [0.2, 0.25) is 5.88 Å². The van der Waals surface area contributed by atoms with Gasteiger partial charge in [-0.1, -0.05) is 19.3 Å². The van der Waals surface area contributed by atoms with Gasteiger partial charge in [0, 0.05) is 7.05 Å². The Hall–Kier alpha value is -1.32. The summed E-state index contributed by atoms with van der Waals surface area (Å²) in [4.78, 5) is 10.9. The Morgan fingerprint density at radius 3 is 2.88 bits per heavy atom. The topological polar surface area (TPSA) is 44.1 Å². The third-order valence-corrected chi connectivity index (χ3v) is 3.32. The first kappa shape index (κ1) is 11.2. The average molecular weight is 222 g/mol. The van der Waals surface area contributed by atoms with E-state index in [4.69, 9.17) is 4.74 Å². The number of ether oxygens (including phenoxy) is 1. The van der Waals surface area contributed by atoms with Crippen LogP contribution in [0.4, 0.5) is 0 Å². The van der Waals surface area contributed by atoms with E-state index in [9.17, 15) is 4.79 Å². The number of aryl methyl sites for hydroxylation is 2. The number of carbonyl (C=O) groups excluding carboxylic acids is 1. The van der Waals surface area contributed by atoms with Gasteiger partial charge in [0.15, 0.2) is 6.29 Å². The highest BCUT2D eigenvalue weighted by molar-refractivity contribution is 5.79. The van der Waals surface area contributed by atoms with Crippen molar-refractivity contribution in [3.8, 4) is 5.88 Å². The van der Waals surface area contributed by atoms with E-state index in [0.717, 1.165) is 24.3 Å². The molecule has 0 bridgehead atoms. The minimum absolute atomic E-state index is 0.580. The Labute approximate surface area is 95.6 Å². The molecule has 16 heavy (non-hydrogen) atoms. The number of nitrogens with zero attached hydrogens (tertiary/aromatic N) is 2. The lowest BCUT2D eigenvalue weighted by Gasteiger charge is -2.24. The molecule has 1 aliphatic carbocycles. The molecule has 0 unspecified atom stereocenters. The molecule has 0 amide bonds. The molecule has 4 nitrogen and oxygen atoms in total. The highest BCUT2D eigenvalue weighted by Gasteiger charge is 2.18. The molecular formula is C12H18N2O2. The summed E-state index contributed by atoms with van der Waals surface area (Å²) < 4.78 is 7.29. The zero-order valence-corrected chi connectivity index (χ0v) is 9.90. The van der Waals surface area contributed by atoms with Crippen LogP contribution < -0.4 is 4.74 Å². The molecule has 0 saturated heterocycles. The Morgan fingerprint density at radius 1 is 1.56 bits per heavy atom. The van der Waals surface area contributed by atoms with E-state index in [1.165, 1.54) is 19.3 Å². The van der Waals surface area contributed by atoms with Crippen molar-refractivity contribution >= 4 is 6.29 Å². The summed E-state index contributed by atoms with van der Waals surface area (Å²) in [5.74, 6) is 1.43. The molecule has 88 valence electrons. The predicted octanol–water partition coefficient (Wildman–Crippen LogP) is 2.11. The summed E-state index contributed by atoms with van der Waals surface area (Å²) in [5.41, 5.74) is 1.31. The quantitative estimate of drug-likeness (QED) is 0.717. The minimum atomic E-state index is 0.580. The van der Waals surface area contributed by atoms with Crippen LogP contribution in [0.2, 0.25) is 0 Å². The Balaban J connectivity index is 1.94. The fourth-order valence-electron chi connectivity index (χ4n) is 2.06. The van der Waals surface area contributed by atoms with Gasteiger partial charge >= 0.3 is 0 Å². The summed E-state index contributed by atoms with van der Waals surface area (Å²) in [5, 5.41) is 4.17. The summed E-state index contributed by atoms with van der Waals surface area (Å²) in [6.07, 6.45) is 5.92. The lowest BCUT2D eigenvalue weighted by atomic mass is 9.83. The van der Waals surface area contributed by atoms with Crippen LogP contribution in [0.3, 0.4) is 0 Å². The van der Waals surface area contributed by atoms with Gasteiger partial charge in [-0.05, 0) is 19.3 Å². The molecule has 0 atom stereocenters. The largest absolute Gasteiger partial charge is 0.477 e. The van der Waals surface area contributed by atoms with Gasteiger partial charge in [-0.25, -0.2) is 4.68 Å². The van der Waals surface area contributed by atoms with E-state index in [2.05, 4.69) is 5.10 Å². The average Bonchev–Trinajstić information content (AvgIpc) is 2.45. The normalized spacial score (nSPS) is 15.9. The molecule has 1 aliphatic rings. The molecule has 0 radical (unpaired) electrons. The highest BCUT2D eigenvalue weighted by Crippen LogP contribution is 2.29. The van der Waals surface area contributed by atoms with Crippen molar-refractivity contribution in [1.29, 1.82) is 0 Å². The standard InChI is InChI=1S/C12H18N2O2/c1-9-11(8-15)12(14(2)13-9)16-7-6-10-4-3-5-10/h8,10H,3-7H2,1-2H3. The molecule has 0 spiro atoms. The van der Waals surface area contributed by atoms with Crippen molar-refractivity contribution in [3.05, 3.63) is 11.3 Å². The van der Waals surface area contributed by atoms with Crippen LogP contribution in [0.5, 0.6) is 5.88 Å². The summed E-state index contributed by atoms with van der Waals surface area (Å²) in [6.45, 7) is 2.51. The van der Waals surface area contributed by atoms with Gasteiger partial charge < -0.3 is 4.74 Å². The lowest BCUT2D eigenvalue weighted by Crippen LogP contribution is -2.15. The van der Waals surface area contributed by atoms with Crippen LogP contribution in [0.15, 0.2) is 0 Å². The Morgan fingerprint density at radius 2 is 2.31 bits per heavy atom. The van der Waals surface area contributed by atoms with Crippen molar-refractivity contribution < 1.29 is 9.53 Å². The molecule has 0 aliphatic heterocycles. The van der Waals surface area contributed by atoms with Crippen LogP contribution in [0.1, 0.15) is 41.7 Å². The number of rotatable bonds is 5. The smallest absolute Gasteiger partial charge is 0.222 e. The van der Waals surface area contributed by atoms with E-state index in [0.29, 0.717) is 18.1 Å². The zero-order valence-electron chi connectivity index (χ0n) is 9.90. The maximum atomic E-state index is 10.9. The van der Waals surface area contributed by atoms with E-state index < -0.39 is 0 Å². The SMILES string of the molecule is Cc1nn(C)c(OCCC2CCC2)c1C=O. The van der Waals surface area contributed by atoms with Gasteiger partial charge in [-0.3, -0.25) is 4.79 Å². The number of aromatic nitrogens is 2. The third kappa shape index (κ3) is 2.10. The molecule has 0 aromatic carbocycles. The monoisotopic (exact) mass is 222 g/mol. The fourth-order valence-corrected chi connectivity index (χ4v) is 2.06. The van der Waals surface area contributed by atoms with Crippen molar-refractivity contribution in [2.45, 2.75) is 32.6 Å². The Bertz CT molecular complexity index is 381. The molecule has 4 heteroatoms. The summed E-state index contributed by atoms with van der Waals surface area (Å²) >= 11 is 0. The molecule has 0 N–H and O–H groups in total. The molecule has 1 aromatic rings. The number of hydrogen-bond donors (Lipinski definition) is 0. The molecule has 1 aromatic heterocycles. The molecule has 1 saturated carbocycles. The number of carbonyl (C=O) groups is 1. The van der Waals surface area contributed by atoms with Crippen LogP contribution >= 0.6 is 0 Å². The third-order valence-electron chi connectivity index (χ3n) is 3.32. The maximum Gasteiger partial charge on any atom is 0.222 e. The van der Waals surface area contributed by atoms with Crippen LogP contribution in [0, 0.1) is 12.8 Å². The van der Waals surface area contributed by atoms with E-state index in [-0.39, 0.29) is 0 Å². The van der Waals surface area contributed by atoms with E-state index >= 15 is 0 Å². The van der Waals surface area contributed by atoms with Crippen LogP contribution in [-0.2, 0) is 7.05 Å². The predicted molar refractivity (Wildman–Crippen MR) is 60.8 cm³/mol. The van der Waals surface area contributed by atoms with Gasteiger partial charge in [0.05, 0.1) is 17.9 Å². The second kappa shape index (κ2) is 4.68. The molecule has 1 heterocycles. The van der Waals surface area contributed by atoms with Gasteiger partial charge in [-0.15, -0.1) is 0 Å². The first-order chi connectivity index (χ1) is 7.72. The number of aldehydes is 1. The lowest BCUT2D eigenvalue weighted by molar-refractivity contribution is 0.111. The number of hydrogen-bond acceptors (Lipinski definition) is 3. The molecular weight excluding hydrogens is 204 g/mol. The van der Waals surface area contributed by atoms with E-state index in [1.54, 1.807) is 11.7 Å². The minimum Gasteiger partial charge on any atom is -0.477 e. The first-order valence-corrected chi connectivity index (χ1v) is 5.84. The van der Waals surface area contributed by atoms with Gasteiger partial charge in [0.25, 0.3) is 0 Å². The van der Waals surface area contributed by atoms with Crippen molar-refractivity contribution in [3.63, 3.8) is 0 Å². The van der Waals surface area contributed by atoms with E-state index in [1.807, 2.05) is 6.92 Å². The van der Waals surface area contributed by atoms with Crippen molar-refractivity contribution in [2.75, 3.05) is 6.61 Å². The first-order valence-electron chi connectivity index (χ1n) is 5.84. The molecule has 2 rings (SSSR count). The van der Waals surface area contributed by atoms with Gasteiger partial charge in [0.1, 0.15) is 0 Å². The summed E-state index contributed by atoms with van der Waals surface area (Å²) in [6, 6.07) is 0. The summed E-state index contributed by atoms with van der Waals surface area (Å²) in [7, 11) is 1.80. The fraction of sp³-hybridized carbons (Fsp3) is 0.667. The zero-order chi connectivity index (χ0) is 11.5. The van der Waals surface area contributed by atoms with Crippen molar-refractivity contribution in [1.82, 2.24) is 9.78 Å². The molecule has 1 fully saturated rings. The van der Waals surface area contributed by atoms with Crippen LogP contribution in [-0.4, -0.2) is 22.7 Å².